The summed E-state index contributed by atoms with van der Waals surface area (Å²) in [7, 11) is 0. The highest BCUT2D eigenvalue weighted by molar-refractivity contribution is 6.30. The summed E-state index contributed by atoms with van der Waals surface area (Å²) in [5, 5.41) is 3.57. The minimum absolute atomic E-state index is 0.105. The van der Waals surface area contributed by atoms with Crippen LogP contribution in [0.15, 0.2) is 24.3 Å². The molecule has 3 aliphatic rings. The molecule has 3 atom stereocenters. The van der Waals surface area contributed by atoms with Gasteiger partial charge in [-0.3, -0.25) is 4.79 Å². The maximum atomic E-state index is 12.7. The van der Waals surface area contributed by atoms with E-state index >= 15 is 0 Å². The summed E-state index contributed by atoms with van der Waals surface area (Å²) >= 11 is 5.90. The van der Waals surface area contributed by atoms with Crippen molar-refractivity contribution in [1.29, 1.82) is 0 Å². The number of hydrogen-bond acceptors (Lipinski definition) is 3. The van der Waals surface area contributed by atoms with E-state index in [-0.39, 0.29) is 29.6 Å². The van der Waals surface area contributed by atoms with Crippen LogP contribution in [0, 0.1) is 5.92 Å². The monoisotopic (exact) mass is 405 g/mol. The first-order valence-electron chi connectivity index (χ1n) is 10.2. The Kier molecular flexibility index (Phi) is 5.52. The number of carbonyl (C=O) groups is 2. The molecule has 0 bridgehead atoms. The van der Waals surface area contributed by atoms with Gasteiger partial charge in [0.1, 0.15) is 6.10 Å². The van der Waals surface area contributed by atoms with Crippen molar-refractivity contribution < 1.29 is 14.3 Å². The highest BCUT2D eigenvalue weighted by Gasteiger charge is 2.50. The molecule has 0 aliphatic carbocycles. The minimum Gasteiger partial charge on any atom is -0.362 e. The second-order valence-corrected chi connectivity index (χ2v) is 8.71. The molecular formula is C21H28ClN3O3. The van der Waals surface area contributed by atoms with Crippen LogP contribution >= 0.6 is 11.6 Å². The molecule has 1 N–H and O–H groups in total. The number of anilines is 1. The smallest absolute Gasteiger partial charge is 0.321 e. The Morgan fingerprint density at radius 1 is 1.11 bits per heavy atom. The Hall–Kier alpha value is -1.79. The number of halogens is 1. The zero-order chi connectivity index (χ0) is 19.7. The number of piperidine rings is 1. The highest BCUT2D eigenvalue weighted by atomic mass is 35.5. The third kappa shape index (κ3) is 3.85. The number of carbonyl (C=O) groups excluding carboxylic acids is 2. The zero-order valence-corrected chi connectivity index (χ0v) is 17.1. The topological polar surface area (TPSA) is 61.9 Å². The van der Waals surface area contributed by atoms with Gasteiger partial charge in [-0.1, -0.05) is 18.5 Å². The minimum atomic E-state index is -0.310. The van der Waals surface area contributed by atoms with E-state index in [2.05, 4.69) is 12.2 Å². The third-order valence-electron chi connectivity index (χ3n) is 6.48. The van der Waals surface area contributed by atoms with E-state index in [0.29, 0.717) is 18.1 Å². The maximum Gasteiger partial charge on any atom is 0.321 e. The van der Waals surface area contributed by atoms with Gasteiger partial charge in [0.2, 0.25) is 0 Å². The lowest BCUT2D eigenvalue weighted by atomic mass is 9.80. The molecule has 6 nitrogen and oxygen atoms in total. The third-order valence-corrected chi connectivity index (χ3v) is 6.73. The fraction of sp³-hybridized carbons (Fsp3) is 0.619. The molecule has 3 saturated heterocycles. The van der Waals surface area contributed by atoms with Crippen molar-refractivity contribution in [3.05, 3.63) is 29.3 Å². The fourth-order valence-corrected chi connectivity index (χ4v) is 4.84. The van der Waals surface area contributed by atoms with Gasteiger partial charge >= 0.3 is 6.03 Å². The average Bonchev–Trinajstić information content (AvgIpc) is 3.36. The number of rotatable bonds is 2. The first-order valence-corrected chi connectivity index (χ1v) is 10.6. The summed E-state index contributed by atoms with van der Waals surface area (Å²) in [6, 6.07) is 7.00. The number of nitrogens with zero attached hydrogens (tertiary/aromatic N) is 2. The summed E-state index contributed by atoms with van der Waals surface area (Å²) in [4.78, 5) is 29.1. The average molecular weight is 406 g/mol. The molecule has 1 aromatic rings. The number of hydrogen-bond donors (Lipinski definition) is 1. The molecular weight excluding hydrogens is 378 g/mol. The maximum absolute atomic E-state index is 12.7. The summed E-state index contributed by atoms with van der Waals surface area (Å²) in [5.74, 6) is 0.345. The fourth-order valence-electron chi connectivity index (χ4n) is 4.72. The lowest BCUT2D eigenvalue weighted by Crippen LogP contribution is -2.54. The Morgan fingerprint density at radius 3 is 2.50 bits per heavy atom. The van der Waals surface area contributed by atoms with Gasteiger partial charge in [-0.05, 0) is 56.4 Å². The van der Waals surface area contributed by atoms with Gasteiger partial charge in [-0.25, -0.2) is 4.79 Å². The molecule has 0 aromatic heterocycles. The Labute approximate surface area is 171 Å². The second-order valence-electron chi connectivity index (χ2n) is 8.28. The standard InChI is InChI=1S/C21H28ClN3O3/c1-15-14-25(20(27)23-17-6-4-16(22)5-7-17)13-10-21(15)9-8-18(28-21)19(26)24-11-2-3-12-24/h4-7,15,18H,2-3,8-14H2,1H3,(H,23,27)/t15-,18+,21+/m1/s1. The van der Waals surface area contributed by atoms with E-state index in [1.807, 2.05) is 9.80 Å². The number of nitrogens with one attached hydrogen (secondary N) is 1. The van der Waals surface area contributed by atoms with Crippen LogP contribution in [0.1, 0.15) is 39.0 Å². The van der Waals surface area contributed by atoms with Crippen LogP contribution in [0.3, 0.4) is 0 Å². The van der Waals surface area contributed by atoms with Crippen molar-refractivity contribution in [2.24, 2.45) is 5.92 Å². The SMILES string of the molecule is C[C@@H]1CN(C(=O)Nc2ccc(Cl)cc2)CC[C@@]12CC[C@@H](C(=O)N1CCCC1)O2. The number of benzene rings is 1. The van der Waals surface area contributed by atoms with Gasteiger partial charge in [0.05, 0.1) is 5.60 Å². The Morgan fingerprint density at radius 2 is 1.82 bits per heavy atom. The van der Waals surface area contributed by atoms with Crippen LogP contribution in [0.5, 0.6) is 0 Å². The summed E-state index contributed by atoms with van der Waals surface area (Å²) in [6.45, 7) is 5.11. The molecule has 1 spiro atoms. The van der Waals surface area contributed by atoms with Crippen molar-refractivity contribution in [2.45, 2.75) is 50.7 Å². The van der Waals surface area contributed by atoms with E-state index in [0.717, 1.165) is 50.9 Å². The van der Waals surface area contributed by atoms with Crippen LogP contribution in [0.25, 0.3) is 0 Å². The number of ether oxygens (including phenoxy) is 1. The van der Waals surface area contributed by atoms with Crippen molar-refractivity contribution >= 4 is 29.2 Å². The largest absolute Gasteiger partial charge is 0.362 e. The van der Waals surface area contributed by atoms with Gasteiger partial charge in [0, 0.05) is 42.8 Å². The van der Waals surface area contributed by atoms with E-state index in [4.69, 9.17) is 16.3 Å². The Balaban J connectivity index is 1.34. The van der Waals surface area contributed by atoms with Crippen molar-refractivity contribution in [3.63, 3.8) is 0 Å². The molecule has 1 aromatic carbocycles. The normalized spacial score (nSPS) is 30.1. The van der Waals surface area contributed by atoms with E-state index in [1.165, 1.54) is 0 Å². The van der Waals surface area contributed by atoms with Gasteiger partial charge in [-0.2, -0.15) is 0 Å². The molecule has 3 aliphatic heterocycles. The van der Waals surface area contributed by atoms with Gasteiger partial charge in [0.15, 0.2) is 0 Å². The number of amides is 3. The summed E-state index contributed by atoms with van der Waals surface area (Å²) in [5.41, 5.74) is 0.452. The van der Waals surface area contributed by atoms with Crippen molar-refractivity contribution in [2.75, 3.05) is 31.5 Å². The number of likely N-dealkylation sites (tertiary alicyclic amines) is 2. The predicted octanol–water partition coefficient (Wildman–Crippen LogP) is 3.75. The molecule has 3 amide bonds. The van der Waals surface area contributed by atoms with E-state index in [1.54, 1.807) is 24.3 Å². The summed E-state index contributed by atoms with van der Waals surface area (Å²) in [6.07, 6.45) is 4.33. The lowest BCUT2D eigenvalue weighted by molar-refractivity contribution is -0.154. The molecule has 3 heterocycles. The van der Waals surface area contributed by atoms with E-state index in [9.17, 15) is 9.59 Å². The number of urea groups is 1. The molecule has 0 unspecified atom stereocenters. The molecule has 7 heteroatoms. The van der Waals surface area contributed by atoms with Gasteiger partial charge < -0.3 is 19.9 Å². The zero-order valence-electron chi connectivity index (χ0n) is 16.3. The van der Waals surface area contributed by atoms with Gasteiger partial charge in [0.25, 0.3) is 5.91 Å². The molecule has 4 rings (SSSR count). The van der Waals surface area contributed by atoms with Crippen LogP contribution in [-0.4, -0.2) is 59.6 Å². The van der Waals surface area contributed by atoms with Crippen LogP contribution < -0.4 is 5.32 Å². The van der Waals surface area contributed by atoms with Crippen LogP contribution in [0.4, 0.5) is 10.5 Å². The highest BCUT2D eigenvalue weighted by Crippen LogP contribution is 2.43. The van der Waals surface area contributed by atoms with Crippen LogP contribution in [0.2, 0.25) is 5.02 Å². The van der Waals surface area contributed by atoms with Gasteiger partial charge in [-0.15, -0.1) is 0 Å². The Bertz CT molecular complexity index is 735. The molecule has 0 radical (unpaired) electrons. The lowest BCUT2D eigenvalue weighted by Gasteiger charge is -2.44. The predicted molar refractivity (Wildman–Crippen MR) is 108 cm³/mol. The molecule has 152 valence electrons. The quantitative estimate of drug-likeness (QED) is 0.814. The van der Waals surface area contributed by atoms with Crippen molar-refractivity contribution in [3.8, 4) is 0 Å². The van der Waals surface area contributed by atoms with Crippen LogP contribution in [-0.2, 0) is 9.53 Å². The van der Waals surface area contributed by atoms with E-state index < -0.39 is 0 Å². The van der Waals surface area contributed by atoms with Crippen molar-refractivity contribution in [1.82, 2.24) is 9.80 Å². The first kappa shape index (κ1) is 19.5. The molecule has 28 heavy (non-hydrogen) atoms. The second kappa shape index (κ2) is 7.91. The molecule has 3 fully saturated rings. The summed E-state index contributed by atoms with van der Waals surface area (Å²) < 4.78 is 6.37. The molecule has 0 saturated carbocycles. The first-order chi connectivity index (χ1) is 13.5.